The minimum absolute atomic E-state index is 0.0125. The predicted octanol–water partition coefficient (Wildman–Crippen LogP) is 2.99. The normalized spacial score (nSPS) is 24.2. The second kappa shape index (κ2) is 6.40. The summed E-state index contributed by atoms with van der Waals surface area (Å²) in [5.41, 5.74) is -2.19. The molecule has 4 nitrogen and oxygen atoms in total. The monoisotopic (exact) mass is 359 g/mol. The Labute approximate surface area is 141 Å². The van der Waals surface area contributed by atoms with Crippen molar-refractivity contribution in [2.24, 2.45) is 5.92 Å². The van der Waals surface area contributed by atoms with Gasteiger partial charge in [0.2, 0.25) is 0 Å². The van der Waals surface area contributed by atoms with Gasteiger partial charge in [-0.05, 0) is 48.9 Å². The van der Waals surface area contributed by atoms with Crippen molar-refractivity contribution >= 4 is 11.7 Å². The molecule has 1 aliphatic heterocycles. The van der Waals surface area contributed by atoms with Gasteiger partial charge in [-0.1, -0.05) is 0 Å². The Hall–Kier alpha value is -1.96. The molecule has 2 fully saturated rings. The smallest absolute Gasteiger partial charge is 0.357 e. The van der Waals surface area contributed by atoms with Gasteiger partial charge in [0.15, 0.2) is 5.78 Å². The van der Waals surface area contributed by atoms with Crippen molar-refractivity contribution in [3.63, 3.8) is 0 Å². The summed E-state index contributed by atoms with van der Waals surface area (Å²) in [6.07, 6.45) is -2.55. The molecule has 1 atom stereocenters. The van der Waals surface area contributed by atoms with E-state index in [1.165, 1.54) is 0 Å². The van der Waals surface area contributed by atoms with Crippen LogP contribution in [0.5, 0.6) is 0 Å². The molecule has 2 aliphatic rings. The van der Waals surface area contributed by atoms with E-state index in [0.717, 1.165) is 25.0 Å². The average molecular weight is 359 g/mol. The van der Waals surface area contributed by atoms with Gasteiger partial charge in [0.1, 0.15) is 18.0 Å². The molecule has 0 spiro atoms. The van der Waals surface area contributed by atoms with Crippen molar-refractivity contribution in [2.45, 2.75) is 44.0 Å². The van der Waals surface area contributed by atoms with Crippen molar-refractivity contribution in [3.05, 3.63) is 35.1 Å². The Morgan fingerprint density at radius 1 is 1.28 bits per heavy atom. The number of halogens is 4. The topological polar surface area (TPSA) is 55.4 Å². The molecule has 25 heavy (non-hydrogen) atoms. The van der Waals surface area contributed by atoms with Gasteiger partial charge in [-0.25, -0.2) is 4.39 Å². The number of carbonyl (C=O) groups excluding carboxylic acids is 2. The fraction of sp³-hybridized carbons (Fsp3) is 0.529. The van der Waals surface area contributed by atoms with Crippen LogP contribution >= 0.6 is 0 Å². The second-order valence-electron chi connectivity index (χ2n) is 6.52. The van der Waals surface area contributed by atoms with Crippen LogP contribution in [-0.2, 0) is 27.0 Å². The second-order valence-corrected chi connectivity index (χ2v) is 6.52. The van der Waals surface area contributed by atoms with Crippen LogP contribution in [0.3, 0.4) is 0 Å². The van der Waals surface area contributed by atoms with Gasteiger partial charge >= 0.3 is 6.18 Å². The number of hydrogen-bond donors (Lipinski definition) is 1. The van der Waals surface area contributed by atoms with Gasteiger partial charge in [-0.2, -0.15) is 13.2 Å². The molecule has 0 bridgehead atoms. The van der Waals surface area contributed by atoms with Crippen molar-refractivity contribution in [2.75, 3.05) is 6.61 Å². The Kier molecular flexibility index (Phi) is 4.57. The van der Waals surface area contributed by atoms with Crippen LogP contribution in [0.2, 0.25) is 0 Å². The fourth-order valence-electron chi connectivity index (χ4n) is 3.16. The van der Waals surface area contributed by atoms with Crippen molar-refractivity contribution in [3.8, 4) is 0 Å². The van der Waals surface area contributed by atoms with Gasteiger partial charge in [0, 0.05) is 13.0 Å². The number of ketones is 1. The number of Topliss-reactive ketones (excluding diaryl/α,β-unsaturated/α-hetero) is 1. The molecule has 0 aromatic heterocycles. The summed E-state index contributed by atoms with van der Waals surface area (Å²) in [4.78, 5) is 23.9. The first kappa shape index (κ1) is 17.8. The maximum atomic E-state index is 13.4. The number of nitrogens with one attached hydrogen (secondary N) is 1. The van der Waals surface area contributed by atoms with Crippen LogP contribution in [0.4, 0.5) is 17.6 Å². The third-order valence-corrected chi connectivity index (χ3v) is 4.63. The molecular formula is C17H17F4NO3. The summed E-state index contributed by atoms with van der Waals surface area (Å²) in [5, 5.41) is 2.54. The zero-order chi connectivity index (χ0) is 18.2. The van der Waals surface area contributed by atoms with E-state index in [1.54, 1.807) is 0 Å². The van der Waals surface area contributed by atoms with Crippen LogP contribution < -0.4 is 5.32 Å². The number of amides is 1. The highest BCUT2D eigenvalue weighted by Gasteiger charge is 2.53. The van der Waals surface area contributed by atoms with E-state index < -0.39 is 29.1 Å². The molecule has 1 aromatic rings. The molecule has 1 aromatic carbocycles. The number of alkyl halides is 3. The van der Waals surface area contributed by atoms with E-state index in [0.29, 0.717) is 6.07 Å². The van der Waals surface area contributed by atoms with Crippen molar-refractivity contribution in [1.82, 2.24) is 5.32 Å². The lowest BCUT2D eigenvalue weighted by Gasteiger charge is -2.35. The van der Waals surface area contributed by atoms with Gasteiger partial charge in [-0.15, -0.1) is 0 Å². The number of benzene rings is 1. The SMILES string of the molecule is O=C1CC[C@@](C(=O)NCc2cc(F)cc(C(F)(F)F)c2)(C2CC2)OC1. The standard InChI is InChI=1S/C17H17F4NO3/c18-13-6-10(5-12(7-13)17(19,20)21)8-22-15(24)16(11-1-2-11)4-3-14(23)9-25-16/h5-7,11H,1-4,8-9H2,(H,22,24)/t16-/m0/s1. The highest BCUT2D eigenvalue weighted by molar-refractivity contribution is 5.89. The summed E-state index contributed by atoms with van der Waals surface area (Å²) < 4.78 is 57.2. The maximum absolute atomic E-state index is 13.4. The van der Waals surface area contributed by atoms with Gasteiger partial charge in [-0.3, -0.25) is 9.59 Å². The summed E-state index contributed by atoms with van der Waals surface area (Å²) in [6, 6.07) is 2.16. The first-order valence-corrected chi connectivity index (χ1v) is 8.01. The van der Waals surface area contributed by atoms with E-state index >= 15 is 0 Å². The maximum Gasteiger partial charge on any atom is 0.416 e. The fourth-order valence-corrected chi connectivity index (χ4v) is 3.16. The molecule has 1 heterocycles. The summed E-state index contributed by atoms with van der Waals surface area (Å²) in [5.74, 6) is -1.54. The number of carbonyl (C=O) groups is 2. The quantitative estimate of drug-likeness (QED) is 0.841. The molecule has 8 heteroatoms. The highest BCUT2D eigenvalue weighted by atomic mass is 19.4. The van der Waals surface area contributed by atoms with E-state index in [9.17, 15) is 27.2 Å². The van der Waals surface area contributed by atoms with Crippen LogP contribution in [0.15, 0.2) is 18.2 Å². The van der Waals surface area contributed by atoms with Crippen molar-refractivity contribution in [1.29, 1.82) is 0 Å². The van der Waals surface area contributed by atoms with Gasteiger partial charge in [0.05, 0.1) is 5.56 Å². The lowest BCUT2D eigenvalue weighted by atomic mass is 9.87. The summed E-state index contributed by atoms with van der Waals surface area (Å²) in [6.45, 7) is -0.381. The third kappa shape index (κ3) is 3.84. The van der Waals surface area contributed by atoms with Gasteiger partial charge < -0.3 is 10.1 Å². The van der Waals surface area contributed by atoms with E-state index in [-0.39, 0.29) is 43.3 Å². The highest BCUT2D eigenvalue weighted by Crippen LogP contribution is 2.46. The van der Waals surface area contributed by atoms with Gasteiger partial charge in [0.25, 0.3) is 5.91 Å². The Morgan fingerprint density at radius 2 is 2.00 bits per heavy atom. The zero-order valence-corrected chi connectivity index (χ0v) is 13.3. The first-order chi connectivity index (χ1) is 11.7. The summed E-state index contributed by atoms with van der Waals surface area (Å²) >= 11 is 0. The molecule has 1 N–H and O–H groups in total. The molecule has 1 saturated carbocycles. The number of rotatable bonds is 4. The number of hydrogen-bond acceptors (Lipinski definition) is 3. The van der Waals surface area contributed by atoms with E-state index in [1.807, 2.05) is 0 Å². The molecule has 1 amide bonds. The Morgan fingerprint density at radius 3 is 2.56 bits per heavy atom. The summed E-state index contributed by atoms with van der Waals surface area (Å²) in [7, 11) is 0. The van der Waals surface area contributed by atoms with Crippen LogP contribution in [-0.4, -0.2) is 23.9 Å². The minimum atomic E-state index is -4.66. The molecular weight excluding hydrogens is 342 g/mol. The molecule has 3 rings (SSSR count). The first-order valence-electron chi connectivity index (χ1n) is 8.01. The largest absolute Gasteiger partial charge is 0.416 e. The number of ether oxygens (including phenoxy) is 1. The molecule has 0 unspecified atom stereocenters. The Balaban J connectivity index is 1.71. The van der Waals surface area contributed by atoms with Crippen LogP contribution in [0, 0.1) is 11.7 Å². The van der Waals surface area contributed by atoms with E-state index in [2.05, 4.69) is 5.32 Å². The molecule has 1 aliphatic carbocycles. The lowest BCUT2D eigenvalue weighted by Crippen LogP contribution is -2.53. The molecule has 0 radical (unpaired) electrons. The molecule has 136 valence electrons. The predicted molar refractivity (Wildman–Crippen MR) is 78.9 cm³/mol. The minimum Gasteiger partial charge on any atom is -0.357 e. The lowest BCUT2D eigenvalue weighted by molar-refractivity contribution is -0.163. The van der Waals surface area contributed by atoms with Crippen LogP contribution in [0.1, 0.15) is 36.8 Å². The van der Waals surface area contributed by atoms with E-state index in [4.69, 9.17) is 4.74 Å². The zero-order valence-electron chi connectivity index (χ0n) is 13.3. The molecule has 1 saturated heterocycles. The Bertz CT molecular complexity index is 688. The van der Waals surface area contributed by atoms with Crippen LogP contribution in [0.25, 0.3) is 0 Å². The average Bonchev–Trinajstić information content (AvgIpc) is 3.37. The third-order valence-electron chi connectivity index (χ3n) is 4.63. The van der Waals surface area contributed by atoms with Crippen molar-refractivity contribution < 1.29 is 31.9 Å².